The van der Waals surface area contributed by atoms with E-state index in [1.165, 1.54) is 87.9 Å². The Labute approximate surface area is 297 Å². The third-order valence-corrected chi connectivity index (χ3v) is 10.4. The zero-order chi connectivity index (χ0) is 33.7. The second kappa shape index (κ2) is 12.0. The molecule has 238 valence electrons. The van der Waals surface area contributed by atoms with Gasteiger partial charge in [0.05, 0.1) is 11.0 Å². The van der Waals surface area contributed by atoms with Crippen molar-refractivity contribution in [1.82, 2.24) is 4.57 Å². The summed E-state index contributed by atoms with van der Waals surface area (Å²) in [4.78, 5) is 0. The Balaban J connectivity index is 1.09. The van der Waals surface area contributed by atoms with Crippen molar-refractivity contribution in [3.05, 3.63) is 200 Å². The number of hydrogen-bond acceptors (Lipinski definition) is 0. The largest absolute Gasteiger partial charge is 0.309 e. The summed E-state index contributed by atoms with van der Waals surface area (Å²) in [7, 11) is 0. The molecule has 1 heterocycles. The third-order valence-electron chi connectivity index (χ3n) is 10.4. The second-order valence-corrected chi connectivity index (χ2v) is 13.4. The third kappa shape index (κ3) is 5.19. The van der Waals surface area contributed by atoms with E-state index in [9.17, 15) is 0 Å². The Morgan fingerprint density at radius 3 is 1.08 bits per heavy atom. The van der Waals surface area contributed by atoms with Gasteiger partial charge in [-0.3, -0.25) is 0 Å². The van der Waals surface area contributed by atoms with Gasteiger partial charge in [-0.05, 0) is 102 Å². The van der Waals surface area contributed by atoms with Gasteiger partial charge in [-0.2, -0.15) is 0 Å². The first-order valence-electron chi connectivity index (χ1n) is 17.6. The molecule has 0 aliphatic rings. The van der Waals surface area contributed by atoms with Gasteiger partial charge >= 0.3 is 0 Å². The average Bonchev–Trinajstić information content (AvgIpc) is 3.54. The highest BCUT2D eigenvalue weighted by Gasteiger charge is 2.15. The summed E-state index contributed by atoms with van der Waals surface area (Å²) in [5.74, 6) is 0. The van der Waals surface area contributed by atoms with Crippen LogP contribution in [0.3, 0.4) is 0 Å². The van der Waals surface area contributed by atoms with E-state index < -0.39 is 0 Å². The van der Waals surface area contributed by atoms with E-state index in [2.05, 4.69) is 205 Å². The fourth-order valence-electron chi connectivity index (χ4n) is 7.68. The SMILES string of the molecule is c1ccc(-c2ccc3c4ccc(-c5ccc(-c6ccc7ccccc7c6)cc5)cc4n(-c4ccc(-c5ccc6ccccc6c5)cc4)c3c2)cc1. The molecule has 0 unspecified atom stereocenters. The molecule has 10 aromatic rings. The van der Waals surface area contributed by atoms with Crippen LogP contribution in [0.25, 0.3) is 93.5 Å². The molecule has 0 aliphatic carbocycles. The zero-order valence-corrected chi connectivity index (χ0v) is 28.0. The molecular formula is C50H33N. The smallest absolute Gasteiger partial charge is 0.0547 e. The van der Waals surface area contributed by atoms with Gasteiger partial charge in [-0.25, -0.2) is 0 Å². The summed E-state index contributed by atoms with van der Waals surface area (Å²) in [5, 5.41) is 7.55. The Kier molecular flexibility index (Phi) is 6.89. The van der Waals surface area contributed by atoms with Crippen molar-refractivity contribution in [1.29, 1.82) is 0 Å². The first kappa shape index (κ1) is 29.2. The van der Waals surface area contributed by atoms with Crippen LogP contribution in [0.1, 0.15) is 0 Å². The number of hydrogen-bond donors (Lipinski definition) is 0. The predicted molar refractivity (Wildman–Crippen MR) is 218 cm³/mol. The number of benzene rings is 9. The molecule has 51 heavy (non-hydrogen) atoms. The molecule has 0 saturated heterocycles. The molecule has 0 aliphatic heterocycles. The minimum Gasteiger partial charge on any atom is -0.309 e. The second-order valence-electron chi connectivity index (χ2n) is 13.4. The van der Waals surface area contributed by atoms with Crippen LogP contribution in [-0.4, -0.2) is 4.57 Å². The lowest BCUT2D eigenvalue weighted by molar-refractivity contribution is 1.18. The van der Waals surface area contributed by atoms with Crippen LogP contribution >= 0.6 is 0 Å². The highest BCUT2D eigenvalue weighted by molar-refractivity contribution is 6.11. The molecule has 0 spiro atoms. The van der Waals surface area contributed by atoms with E-state index in [1.807, 2.05) is 0 Å². The lowest BCUT2D eigenvalue weighted by atomic mass is 9.98. The zero-order valence-electron chi connectivity index (χ0n) is 28.0. The Morgan fingerprint density at radius 1 is 0.235 bits per heavy atom. The summed E-state index contributed by atoms with van der Waals surface area (Å²) in [5.41, 5.74) is 13.3. The summed E-state index contributed by atoms with van der Waals surface area (Å²) in [6.07, 6.45) is 0. The number of fused-ring (bicyclic) bond motifs is 5. The van der Waals surface area contributed by atoms with Crippen LogP contribution in [0.2, 0.25) is 0 Å². The van der Waals surface area contributed by atoms with Crippen molar-refractivity contribution < 1.29 is 0 Å². The van der Waals surface area contributed by atoms with E-state index in [1.54, 1.807) is 0 Å². The van der Waals surface area contributed by atoms with Crippen LogP contribution in [-0.2, 0) is 0 Å². The van der Waals surface area contributed by atoms with E-state index in [0.717, 1.165) is 5.69 Å². The molecule has 9 aromatic carbocycles. The van der Waals surface area contributed by atoms with Crippen molar-refractivity contribution in [3.63, 3.8) is 0 Å². The summed E-state index contributed by atoms with van der Waals surface area (Å²) in [6.45, 7) is 0. The monoisotopic (exact) mass is 647 g/mol. The van der Waals surface area contributed by atoms with Gasteiger partial charge in [-0.1, -0.05) is 164 Å². The maximum atomic E-state index is 2.44. The van der Waals surface area contributed by atoms with Gasteiger partial charge in [-0.15, -0.1) is 0 Å². The van der Waals surface area contributed by atoms with Crippen LogP contribution in [0.4, 0.5) is 0 Å². The molecule has 0 saturated carbocycles. The number of aromatic nitrogens is 1. The number of rotatable bonds is 5. The minimum atomic E-state index is 1.15. The molecule has 1 aromatic heterocycles. The lowest BCUT2D eigenvalue weighted by Gasteiger charge is -2.12. The normalized spacial score (nSPS) is 11.5. The first-order valence-corrected chi connectivity index (χ1v) is 17.6. The van der Waals surface area contributed by atoms with Gasteiger partial charge in [0.2, 0.25) is 0 Å². The van der Waals surface area contributed by atoms with Crippen LogP contribution in [0.15, 0.2) is 200 Å². The number of nitrogens with zero attached hydrogens (tertiary/aromatic N) is 1. The molecule has 10 rings (SSSR count). The van der Waals surface area contributed by atoms with Crippen LogP contribution in [0, 0.1) is 0 Å². The van der Waals surface area contributed by atoms with E-state index in [0.29, 0.717) is 0 Å². The first-order chi connectivity index (χ1) is 25.2. The average molecular weight is 648 g/mol. The van der Waals surface area contributed by atoms with Crippen molar-refractivity contribution >= 4 is 43.4 Å². The van der Waals surface area contributed by atoms with Crippen LogP contribution in [0.5, 0.6) is 0 Å². The van der Waals surface area contributed by atoms with Crippen molar-refractivity contribution in [2.75, 3.05) is 0 Å². The highest BCUT2D eigenvalue weighted by atomic mass is 15.0. The van der Waals surface area contributed by atoms with E-state index in [-0.39, 0.29) is 0 Å². The molecule has 0 fully saturated rings. The van der Waals surface area contributed by atoms with Crippen molar-refractivity contribution in [2.45, 2.75) is 0 Å². The predicted octanol–water partition coefficient (Wildman–Crippen LogP) is 13.8. The lowest BCUT2D eigenvalue weighted by Crippen LogP contribution is -1.94. The molecule has 1 nitrogen and oxygen atoms in total. The molecule has 0 N–H and O–H groups in total. The molecule has 0 bridgehead atoms. The maximum Gasteiger partial charge on any atom is 0.0547 e. The summed E-state index contributed by atoms with van der Waals surface area (Å²) < 4.78 is 2.44. The van der Waals surface area contributed by atoms with Gasteiger partial charge in [0.1, 0.15) is 0 Å². The Morgan fingerprint density at radius 2 is 0.588 bits per heavy atom. The van der Waals surface area contributed by atoms with E-state index >= 15 is 0 Å². The van der Waals surface area contributed by atoms with Gasteiger partial charge in [0.15, 0.2) is 0 Å². The van der Waals surface area contributed by atoms with Crippen LogP contribution < -0.4 is 0 Å². The molecular weight excluding hydrogens is 615 g/mol. The minimum absolute atomic E-state index is 1.15. The van der Waals surface area contributed by atoms with Gasteiger partial charge < -0.3 is 4.57 Å². The Hall–Kier alpha value is -6.70. The fraction of sp³-hybridized carbons (Fsp3) is 0. The quantitative estimate of drug-likeness (QED) is 0.175. The Bertz CT molecular complexity index is 2880. The molecule has 0 amide bonds. The topological polar surface area (TPSA) is 4.93 Å². The maximum absolute atomic E-state index is 2.44. The van der Waals surface area contributed by atoms with Gasteiger partial charge in [0, 0.05) is 16.5 Å². The van der Waals surface area contributed by atoms with Crippen molar-refractivity contribution in [2.24, 2.45) is 0 Å². The van der Waals surface area contributed by atoms with E-state index in [4.69, 9.17) is 0 Å². The molecule has 1 heteroatoms. The standard InChI is InChI=1S/C50H33N/c1-2-8-34(9-3-1)44-24-28-47-48-29-25-45(38-16-14-37(15-17-38)42-20-18-35-10-4-6-12-40(35)30-42)33-50(48)51(49(47)32-44)46-26-22-39(23-27-46)43-21-19-36-11-5-7-13-41(36)31-43/h1-33H. The fourth-order valence-corrected chi connectivity index (χ4v) is 7.68. The van der Waals surface area contributed by atoms with Gasteiger partial charge in [0.25, 0.3) is 0 Å². The molecule has 0 radical (unpaired) electrons. The molecule has 0 atom stereocenters. The summed E-state index contributed by atoms with van der Waals surface area (Å²) >= 11 is 0. The highest BCUT2D eigenvalue weighted by Crippen LogP contribution is 2.38. The summed E-state index contributed by atoms with van der Waals surface area (Å²) in [6, 6.07) is 73.1. The van der Waals surface area contributed by atoms with Crippen molar-refractivity contribution in [3.8, 4) is 50.2 Å².